The van der Waals surface area contributed by atoms with Crippen molar-refractivity contribution in [3.05, 3.63) is 69.4 Å². The van der Waals surface area contributed by atoms with Crippen LogP contribution in [0, 0.1) is 9.49 Å². The van der Waals surface area contributed by atoms with Gasteiger partial charge in [0.05, 0.1) is 13.2 Å². The van der Waals surface area contributed by atoms with Crippen LogP contribution in [-0.4, -0.2) is 61.6 Å². The van der Waals surface area contributed by atoms with Crippen molar-refractivity contribution in [3.8, 4) is 0 Å². The number of ether oxygens (including phenoxy) is 4. The first-order valence-electron chi connectivity index (χ1n) is 11.8. The molecule has 190 valence electrons. The number of H-pyrrole nitrogens is 1. The quantitative estimate of drug-likeness (QED) is 0.251. The number of rotatable bonds is 6. The first-order chi connectivity index (χ1) is 17.4. The number of fused-ring (bicyclic) bond motifs is 4. The summed E-state index contributed by atoms with van der Waals surface area (Å²) in [5.74, 6) is -1.61. The lowest BCUT2D eigenvalue weighted by atomic mass is 9.58. The van der Waals surface area contributed by atoms with Gasteiger partial charge in [0.25, 0.3) is 0 Å². The van der Waals surface area contributed by atoms with Crippen molar-refractivity contribution in [2.75, 3.05) is 27.9 Å². The number of esters is 1. The van der Waals surface area contributed by atoms with E-state index in [0.717, 1.165) is 25.7 Å². The van der Waals surface area contributed by atoms with E-state index in [-0.39, 0.29) is 12.5 Å². The molecular weight excluding hydrogens is 575 g/mol. The van der Waals surface area contributed by atoms with Gasteiger partial charge in [0.15, 0.2) is 5.79 Å². The molecule has 2 bridgehead atoms. The summed E-state index contributed by atoms with van der Waals surface area (Å²) in [6, 6.07) is 16.8. The third kappa shape index (κ3) is 3.79. The second-order valence-corrected chi connectivity index (χ2v) is 10.4. The van der Waals surface area contributed by atoms with E-state index in [0.29, 0.717) is 19.4 Å². The normalized spacial score (nSPS) is 24.6. The van der Waals surface area contributed by atoms with Gasteiger partial charge in [-0.15, -0.1) is 0 Å². The summed E-state index contributed by atoms with van der Waals surface area (Å²) in [6.07, 6.45) is 0.219. The number of hydrogen-bond acceptors (Lipinski definition) is 6. The molecule has 0 spiro atoms. The molecule has 0 radical (unpaired) electrons. The Bertz CT molecular complexity index is 1270. The average molecular weight is 604 g/mol. The van der Waals surface area contributed by atoms with E-state index in [9.17, 15) is 9.59 Å². The number of carbonyl (C=O) groups excluding carboxylic acids is 2. The molecule has 2 aliphatic heterocycles. The van der Waals surface area contributed by atoms with E-state index < -0.39 is 29.3 Å². The molecule has 8 nitrogen and oxygen atoms in total. The van der Waals surface area contributed by atoms with Crippen molar-refractivity contribution >= 4 is 45.6 Å². The fourth-order valence-corrected chi connectivity index (χ4v) is 7.10. The van der Waals surface area contributed by atoms with E-state index in [1.165, 1.54) is 7.11 Å². The highest BCUT2D eigenvalue weighted by Crippen LogP contribution is 2.55. The molecule has 0 unspecified atom stereocenters. The maximum Gasteiger partial charge on any atom is 0.410 e. The fraction of sp³-hybridized carbons (Fsp3) is 0.407. The Balaban J connectivity index is 1.59. The van der Waals surface area contributed by atoms with Crippen molar-refractivity contribution in [3.63, 3.8) is 0 Å². The summed E-state index contributed by atoms with van der Waals surface area (Å²) >= 11 is 2.28. The summed E-state index contributed by atoms with van der Waals surface area (Å²) in [5.41, 5.74) is 1.41. The maximum absolute atomic E-state index is 13.7. The molecule has 36 heavy (non-hydrogen) atoms. The molecule has 3 heterocycles. The van der Waals surface area contributed by atoms with Crippen LogP contribution in [0.1, 0.15) is 24.1 Å². The van der Waals surface area contributed by atoms with Gasteiger partial charge in [-0.2, -0.15) is 0 Å². The van der Waals surface area contributed by atoms with Crippen LogP contribution in [-0.2, 0) is 35.8 Å². The first kappa shape index (κ1) is 25.0. The zero-order valence-corrected chi connectivity index (χ0v) is 22.6. The van der Waals surface area contributed by atoms with Crippen LogP contribution in [0.2, 0.25) is 0 Å². The minimum Gasteiger partial charge on any atom is -0.468 e. The van der Waals surface area contributed by atoms with Crippen LogP contribution in [0.15, 0.2) is 54.6 Å². The monoisotopic (exact) mass is 604 g/mol. The molecule has 1 N–H and O–H groups in total. The number of aromatic nitrogens is 1. The molecule has 1 saturated carbocycles. The zero-order valence-electron chi connectivity index (χ0n) is 20.5. The summed E-state index contributed by atoms with van der Waals surface area (Å²) in [7, 11) is 4.60. The number of carbonyl (C=O) groups is 2. The van der Waals surface area contributed by atoms with Crippen molar-refractivity contribution in [2.24, 2.45) is 5.92 Å². The van der Waals surface area contributed by atoms with Crippen LogP contribution < -0.4 is 0 Å². The Hall–Kier alpha value is -2.63. The van der Waals surface area contributed by atoms with Crippen LogP contribution in [0.4, 0.5) is 4.79 Å². The Kier molecular flexibility index (Phi) is 6.73. The number of methoxy groups -OCH3 is 3. The van der Waals surface area contributed by atoms with Crippen molar-refractivity contribution < 1.29 is 28.5 Å². The number of aromatic amines is 1. The topological polar surface area (TPSA) is 90.1 Å². The van der Waals surface area contributed by atoms with Gasteiger partial charge in [-0.3, -0.25) is 4.79 Å². The van der Waals surface area contributed by atoms with Crippen LogP contribution in [0.3, 0.4) is 0 Å². The van der Waals surface area contributed by atoms with Crippen LogP contribution in [0.5, 0.6) is 0 Å². The van der Waals surface area contributed by atoms with Crippen molar-refractivity contribution in [2.45, 2.75) is 36.7 Å². The lowest BCUT2D eigenvalue weighted by Crippen LogP contribution is -2.73. The number of hydrogen-bond donors (Lipinski definition) is 1. The smallest absolute Gasteiger partial charge is 0.410 e. The Morgan fingerprint density at radius 1 is 1.03 bits per heavy atom. The Morgan fingerprint density at radius 3 is 2.36 bits per heavy atom. The maximum atomic E-state index is 13.7. The minimum atomic E-state index is -1.14. The second kappa shape index (κ2) is 9.68. The molecule has 2 saturated heterocycles. The third-order valence-corrected chi connectivity index (χ3v) is 8.92. The van der Waals surface area contributed by atoms with Gasteiger partial charge in [-0.1, -0.05) is 48.5 Å². The standard InChI is InChI=1S/C27H29IN2O6/c1-33-24(31)26(23-22(28)19-11-7-8-12-20(19)29-23)13-18-15-30(21(26)14-27(18,34-2)35-3)25(32)36-16-17-9-5-4-6-10-17/h4-12,18,21,29H,13-16H2,1-3H3/t18-,21+,26+/m0/s1. The van der Waals surface area contributed by atoms with E-state index >= 15 is 0 Å². The molecular formula is C27H29IN2O6. The van der Waals surface area contributed by atoms with E-state index in [4.69, 9.17) is 18.9 Å². The van der Waals surface area contributed by atoms with Crippen molar-refractivity contribution in [1.82, 2.24) is 9.88 Å². The zero-order chi connectivity index (χ0) is 25.5. The van der Waals surface area contributed by atoms with Crippen LogP contribution in [0.25, 0.3) is 10.9 Å². The number of amides is 1. The number of benzene rings is 2. The van der Waals surface area contributed by atoms with Gasteiger partial charge < -0.3 is 28.8 Å². The van der Waals surface area contributed by atoms with Gasteiger partial charge in [-0.05, 0) is 40.6 Å². The Labute approximate surface area is 223 Å². The highest BCUT2D eigenvalue weighted by molar-refractivity contribution is 14.1. The Morgan fingerprint density at radius 2 is 1.72 bits per heavy atom. The number of nitrogens with zero attached hydrogens (tertiary/aromatic N) is 1. The van der Waals surface area contributed by atoms with Crippen LogP contribution >= 0.6 is 22.6 Å². The van der Waals surface area contributed by atoms with Gasteiger partial charge in [0.1, 0.15) is 12.0 Å². The molecule has 3 aliphatic rings. The highest BCUT2D eigenvalue weighted by atomic mass is 127. The van der Waals surface area contributed by atoms with E-state index in [2.05, 4.69) is 27.6 Å². The molecule has 2 aromatic carbocycles. The van der Waals surface area contributed by atoms with Gasteiger partial charge in [-0.25, -0.2) is 4.79 Å². The molecule has 3 atom stereocenters. The first-order valence-corrected chi connectivity index (χ1v) is 12.9. The fourth-order valence-electron chi connectivity index (χ4n) is 6.01. The average Bonchev–Trinajstić information content (AvgIpc) is 3.28. The highest BCUT2D eigenvalue weighted by Gasteiger charge is 2.67. The summed E-state index contributed by atoms with van der Waals surface area (Å²) in [6.45, 7) is 0.484. The molecule has 1 aromatic heterocycles. The SMILES string of the molecule is COC(=O)[C@]1(c2[nH]c3ccccc3c2I)C[C@H]2CN(C(=O)OCc3ccccc3)[C@@H]1CC2(OC)OC. The van der Waals surface area contributed by atoms with Gasteiger partial charge in [0, 0.05) is 53.3 Å². The lowest BCUT2D eigenvalue weighted by molar-refractivity contribution is -0.293. The van der Waals surface area contributed by atoms with E-state index in [1.54, 1.807) is 19.1 Å². The van der Waals surface area contributed by atoms with Gasteiger partial charge >= 0.3 is 12.1 Å². The van der Waals surface area contributed by atoms with Gasteiger partial charge in [0.2, 0.25) is 0 Å². The summed E-state index contributed by atoms with van der Waals surface area (Å²) in [5, 5.41) is 1.01. The molecule has 6 rings (SSSR count). The summed E-state index contributed by atoms with van der Waals surface area (Å²) < 4.78 is 23.9. The number of piperidine rings is 2. The minimum absolute atomic E-state index is 0.141. The number of nitrogens with one attached hydrogen (secondary N) is 1. The third-order valence-electron chi connectivity index (χ3n) is 7.80. The number of halogens is 1. The second-order valence-electron chi connectivity index (χ2n) is 9.36. The van der Waals surface area contributed by atoms with Crippen molar-refractivity contribution in [1.29, 1.82) is 0 Å². The number of para-hydroxylation sites is 1. The summed E-state index contributed by atoms with van der Waals surface area (Å²) in [4.78, 5) is 32.4. The molecule has 1 aliphatic carbocycles. The molecule has 9 heteroatoms. The lowest BCUT2D eigenvalue weighted by Gasteiger charge is -2.60. The van der Waals surface area contributed by atoms with E-state index in [1.807, 2.05) is 54.6 Å². The molecule has 3 aromatic rings. The predicted octanol–water partition coefficient (Wildman–Crippen LogP) is 4.60. The predicted molar refractivity (Wildman–Crippen MR) is 141 cm³/mol. The molecule has 3 fully saturated rings. The molecule has 1 amide bonds. The largest absolute Gasteiger partial charge is 0.468 e.